The van der Waals surface area contributed by atoms with Crippen molar-refractivity contribution in [2.45, 2.75) is 25.2 Å². The van der Waals surface area contributed by atoms with Crippen molar-refractivity contribution in [1.82, 2.24) is 24.7 Å². The lowest BCUT2D eigenvalue weighted by Crippen LogP contribution is -2.45. The quantitative estimate of drug-likeness (QED) is 0.906. The molecule has 2 aliphatic rings. The molecule has 0 aromatic carbocycles. The molecule has 0 aliphatic carbocycles. The number of carbonyl (C=O) groups is 1. The highest BCUT2D eigenvalue weighted by molar-refractivity contribution is 5.92. The summed E-state index contributed by atoms with van der Waals surface area (Å²) in [5.41, 5.74) is 3.21. The molecule has 26 heavy (non-hydrogen) atoms. The Morgan fingerprint density at radius 1 is 1.23 bits per heavy atom. The van der Waals surface area contributed by atoms with Crippen molar-refractivity contribution in [2.24, 2.45) is 0 Å². The third-order valence-corrected chi connectivity index (χ3v) is 5.87. The van der Waals surface area contributed by atoms with Crippen LogP contribution in [-0.2, 0) is 0 Å². The molecule has 4 rings (SSSR count). The Morgan fingerprint density at radius 3 is 2.77 bits per heavy atom. The first-order chi connectivity index (χ1) is 12.7. The molecule has 2 fully saturated rings. The van der Waals surface area contributed by atoms with Crippen LogP contribution in [0.3, 0.4) is 0 Å². The molecule has 1 N–H and O–H groups in total. The lowest BCUT2D eigenvalue weighted by molar-refractivity contribution is 0.0868. The van der Waals surface area contributed by atoms with Crippen LogP contribution in [0.15, 0.2) is 24.5 Å². The monoisotopic (exact) mass is 355 g/mol. The fraction of sp³-hybridized carbons (Fsp3) is 0.600. The van der Waals surface area contributed by atoms with E-state index >= 15 is 0 Å². The molecule has 0 bridgehead atoms. The number of aromatic nitrogens is 2. The van der Waals surface area contributed by atoms with E-state index in [9.17, 15) is 4.79 Å². The summed E-state index contributed by atoms with van der Waals surface area (Å²) in [4.78, 5) is 22.3. The van der Waals surface area contributed by atoms with Crippen molar-refractivity contribution in [3.05, 3.63) is 30.1 Å². The first kappa shape index (κ1) is 17.6. The lowest BCUT2D eigenvalue weighted by Gasteiger charge is -2.32. The maximum Gasteiger partial charge on any atom is 0.232 e. The SMILES string of the molecule is CN1CCN(CCC(=O)n2cc(C3CCNCC3)c3ncccc32)CC1. The van der Waals surface area contributed by atoms with Gasteiger partial charge in [0.2, 0.25) is 5.91 Å². The normalized spacial score (nSPS) is 20.7. The molecule has 140 valence electrons. The van der Waals surface area contributed by atoms with Gasteiger partial charge in [0.15, 0.2) is 0 Å². The summed E-state index contributed by atoms with van der Waals surface area (Å²) < 4.78 is 1.86. The van der Waals surface area contributed by atoms with E-state index in [0.717, 1.165) is 69.7 Å². The third-order valence-electron chi connectivity index (χ3n) is 5.87. The zero-order chi connectivity index (χ0) is 17.9. The van der Waals surface area contributed by atoms with Gasteiger partial charge in [0.25, 0.3) is 0 Å². The van der Waals surface area contributed by atoms with E-state index in [1.54, 1.807) is 0 Å². The molecule has 2 aromatic heterocycles. The second-order valence-corrected chi connectivity index (χ2v) is 7.64. The van der Waals surface area contributed by atoms with Crippen LogP contribution >= 0.6 is 0 Å². The first-order valence-corrected chi connectivity index (χ1v) is 9.83. The minimum atomic E-state index is 0.183. The predicted molar refractivity (Wildman–Crippen MR) is 104 cm³/mol. The van der Waals surface area contributed by atoms with Crippen molar-refractivity contribution in [3.63, 3.8) is 0 Å². The van der Waals surface area contributed by atoms with Gasteiger partial charge in [-0.1, -0.05) is 0 Å². The van der Waals surface area contributed by atoms with Crippen LogP contribution in [0.25, 0.3) is 11.0 Å². The number of pyridine rings is 1. The largest absolute Gasteiger partial charge is 0.317 e. The van der Waals surface area contributed by atoms with E-state index in [0.29, 0.717) is 12.3 Å². The van der Waals surface area contributed by atoms with Crippen LogP contribution in [0.1, 0.15) is 35.5 Å². The highest BCUT2D eigenvalue weighted by Crippen LogP contribution is 2.31. The van der Waals surface area contributed by atoms with Crippen LogP contribution < -0.4 is 5.32 Å². The summed E-state index contributed by atoms with van der Waals surface area (Å²) in [7, 11) is 2.16. The third kappa shape index (κ3) is 3.68. The van der Waals surface area contributed by atoms with Gasteiger partial charge in [-0.25, -0.2) is 0 Å². The minimum Gasteiger partial charge on any atom is -0.317 e. The Morgan fingerprint density at radius 2 is 2.00 bits per heavy atom. The molecule has 0 unspecified atom stereocenters. The van der Waals surface area contributed by atoms with E-state index in [1.807, 2.05) is 22.9 Å². The van der Waals surface area contributed by atoms with E-state index in [4.69, 9.17) is 0 Å². The standard InChI is InChI=1S/C20H29N5O/c1-23-11-13-24(14-12-23)10-6-19(26)25-15-17(16-4-8-21-9-5-16)20-18(25)3-2-7-22-20/h2-3,7,15-16,21H,4-6,8-14H2,1H3. The van der Waals surface area contributed by atoms with Gasteiger partial charge in [0.05, 0.1) is 11.0 Å². The van der Waals surface area contributed by atoms with Gasteiger partial charge in [-0.2, -0.15) is 0 Å². The Kier molecular flexibility index (Phi) is 5.33. The Labute approximate surface area is 155 Å². The average Bonchev–Trinajstić information content (AvgIpc) is 3.08. The lowest BCUT2D eigenvalue weighted by atomic mass is 9.91. The fourth-order valence-electron chi connectivity index (χ4n) is 4.17. The first-order valence-electron chi connectivity index (χ1n) is 9.83. The van der Waals surface area contributed by atoms with Crippen molar-refractivity contribution in [1.29, 1.82) is 0 Å². The number of piperazine rings is 1. The Bertz CT molecular complexity index is 757. The van der Waals surface area contributed by atoms with Gasteiger partial charge in [-0.15, -0.1) is 0 Å². The van der Waals surface area contributed by atoms with E-state index < -0.39 is 0 Å². The van der Waals surface area contributed by atoms with Gasteiger partial charge in [0.1, 0.15) is 0 Å². The molecule has 2 aliphatic heterocycles. The summed E-state index contributed by atoms with van der Waals surface area (Å²) in [5.74, 6) is 0.683. The van der Waals surface area contributed by atoms with Crippen LogP contribution in [-0.4, -0.2) is 78.1 Å². The molecule has 0 amide bonds. The Balaban J connectivity index is 1.51. The summed E-state index contributed by atoms with van der Waals surface area (Å²) >= 11 is 0. The number of carbonyl (C=O) groups excluding carboxylic acids is 1. The van der Waals surface area contributed by atoms with Gasteiger partial charge in [-0.05, 0) is 56.6 Å². The van der Waals surface area contributed by atoms with Crippen molar-refractivity contribution >= 4 is 16.9 Å². The highest BCUT2D eigenvalue weighted by Gasteiger charge is 2.23. The topological polar surface area (TPSA) is 53.4 Å². The van der Waals surface area contributed by atoms with E-state index in [2.05, 4.69) is 33.3 Å². The molecular weight excluding hydrogens is 326 g/mol. The van der Waals surface area contributed by atoms with E-state index in [1.165, 1.54) is 5.56 Å². The summed E-state index contributed by atoms with van der Waals surface area (Å²) in [6, 6.07) is 3.96. The molecule has 0 spiro atoms. The van der Waals surface area contributed by atoms with Gasteiger partial charge < -0.3 is 15.1 Å². The molecule has 0 radical (unpaired) electrons. The maximum atomic E-state index is 12.9. The Hall–Kier alpha value is -1.76. The fourth-order valence-corrected chi connectivity index (χ4v) is 4.17. The molecule has 2 saturated heterocycles. The molecule has 6 nitrogen and oxygen atoms in total. The van der Waals surface area contributed by atoms with Crippen LogP contribution in [0.4, 0.5) is 0 Å². The van der Waals surface area contributed by atoms with Gasteiger partial charge in [0, 0.05) is 51.5 Å². The van der Waals surface area contributed by atoms with Crippen LogP contribution in [0, 0.1) is 0 Å². The van der Waals surface area contributed by atoms with Crippen LogP contribution in [0.2, 0.25) is 0 Å². The summed E-state index contributed by atoms with van der Waals surface area (Å²) in [5, 5.41) is 3.42. The zero-order valence-corrected chi connectivity index (χ0v) is 15.7. The number of fused-ring (bicyclic) bond motifs is 1. The number of rotatable bonds is 4. The number of piperidine rings is 1. The van der Waals surface area contributed by atoms with Crippen molar-refractivity contribution < 1.29 is 4.79 Å². The number of nitrogens with zero attached hydrogens (tertiary/aromatic N) is 4. The molecule has 4 heterocycles. The predicted octanol–water partition coefficient (Wildman–Crippen LogP) is 1.78. The second-order valence-electron chi connectivity index (χ2n) is 7.64. The maximum absolute atomic E-state index is 12.9. The highest BCUT2D eigenvalue weighted by atomic mass is 16.2. The minimum absolute atomic E-state index is 0.183. The number of nitrogens with one attached hydrogen (secondary N) is 1. The average molecular weight is 355 g/mol. The van der Waals surface area contributed by atoms with Gasteiger partial charge >= 0.3 is 0 Å². The smallest absolute Gasteiger partial charge is 0.232 e. The zero-order valence-electron chi connectivity index (χ0n) is 15.7. The van der Waals surface area contributed by atoms with Crippen molar-refractivity contribution in [3.8, 4) is 0 Å². The summed E-state index contributed by atoms with van der Waals surface area (Å²) in [6.45, 7) is 7.21. The van der Waals surface area contributed by atoms with Gasteiger partial charge in [-0.3, -0.25) is 14.3 Å². The molecule has 0 atom stereocenters. The molecular formula is C20H29N5O. The number of hydrogen-bond acceptors (Lipinski definition) is 5. The van der Waals surface area contributed by atoms with Crippen LogP contribution in [0.5, 0.6) is 0 Å². The molecule has 6 heteroatoms. The van der Waals surface area contributed by atoms with Crippen molar-refractivity contribution in [2.75, 3.05) is 52.9 Å². The summed E-state index contributed by atoms with van der Waals surface area (Å²) in [6.07, 6.45) is 6.70. The van der Waals surface area contributed by atoms with E-state index in [-0.39, 0.29) is 5.91 Å². The molecule has 0 saturated carbocycles. The number of likely N-dealkylation sites (N-methyl/N-ethyl adjacent to an activating group) is 1. The second kappa shape index (κ2) is 7.86. The molecule has 2 aromatic rings. The number of hydrogen-bond donors (Lipinski definition) is 1.